The number of rotatable bonds is 4. The van der Waals surface area contributed by atoms with Crippen molar-refractivity contribution >= 4 is 49.2 Å². The van der Waals surface area contributed by atoms with E-state index in [0.29, 0.717) is 9.50 Å². The van der Waals surface area contributed by atoms with E-state index in [1.807, 2.05) is 0 Å². The molecule has 0 bridgehead atoms. The minimum absolute atomic E-state index is 0.143. The van der Waals surface area contributed by atoms with Crippen LogP contribution in [0, 0.1) is 0 Å². The van der Waals surface area contributed by atoms with Gasteiger partial charge in [-0.05, 0) is 54.9 Å². The lowest BCUT2D eigenvalue weighted by molar-refractivity contribution is 0.445. The van der Waals surface area contributed by atoms with Gasteiger partial charge in [-0.25, -0.2) is 13.1 Å². The van der Waals surface area contributed by atoms with Gasteiger partial charge in [0, 0.05) is 15.4 Å². The molecule has 3 nitrogen and oxygen atoms in total. The molecule has 0 heterocycles. The van der Waals surface area contributed by atoms with E-state index in [9.17, 15) is 8.42 Å². The van der Waals surface area contributed by atoms with Crippen LogP contribution in [-0.2, 0) is 10.0 Å². The lowest BCUT2D eigenvalue weighted by Crippen LogP contribution is -2.48. The van der Waals surface area contributed by atoms with E-state index in [1.54, 1.807) is 20.8 Å². The van der Waals surface area contributed by atoms with Crippen LogP contribution in [0.3, 0.4) is 0 Å². The summed E-state index contributed by atoms with van der Waals surface area (Å²) in [4.78, 5) is 0.143. The normalized spacial score (nSPS) is 14.6. The Morgan fingerprint density at radius 2 is 1.94 bits per heavy atom. The summed E-state index contributed by atoms with van der Waals surface area (Å²) in [6.45, 7) is 5.20. The minimum Gasteiger partial charge on any atom is -0.207 e. The van der Waals surface area contributed by atoms with E-state index in [-0.39, 0.29) is 10.3 Å². The van der Waals surface area contributed by atoms with Gasteiger partial charge in [-0.2, -0.15) is 0 Å². The number of sulfonamides is 1. The van der Waals surface area contributed by atoms with Gasteiger partial charge in [-0.15, -0.1) is 11.6 Å². The molecule has 1 N–H and O–H groups in total. The number of nitrogens with one attached hydrogen (secondary N) is 1. The Hall–Kier alpha value is 0.190. The second kappa shape index (κ2) is 5.67. The Morgan fingerprint density at radius 1 is 1.39 bits per heavy atom. The van der Waals surface area contributed by atoms with Gasteiger partial charge in [0.05, 0.1) is 9.92 Å². The monoisotopic (exact) mass is 373 g/mol. The standard InChI is InChI=1S/C11H14BrCl2NO2S/c1-7(13)11(2,3)15-18(16,17)8-4-5-10(14)9(12)6-8/h4-7,15H,1-3H3. The first-order chi connectivity index (χ1) is 8.06. The molecule has 0 amide bonds. The Morgan fingerprint density at radius 3 is 2.39 bits per heavy atom. The van der Waals surface area contributed by atoms with Crippen LogP contribution in [0.25, 0.3) is 0 Å². The van der Waals surface area contributed by atoms with Crippen LogP contribution in [0.4, 0.5) is 0 Å². The largest absolute Gasteiger partial charge is 0.241 e. The van der Waals surface area contributed by atoms with Crippen molar-refractivity contribution < 1.29 is 8.42 Å². The molecule has 0 aliphatic heterocycles. The van der Waals surface area contributed by atoms with Crippen LogP contribution in [0.5, 0.6) is 0 Å². The van der Waals surface area contributed by atoms with Crippen LogP contribution < -0.4 is 4.72 Å². The van der Waals surface area contributed by atoms with Gasteiger partial charge in [-0.1, -0.05) is 11.6 Å². The van der Waals surface area contributed by atoms with Crippen LogP contribution in [0.15, 0.2) is 27.6 Å². The highest BCUT2D eigenvalue weighted by Crippen LogP contribution is 2.26. The number of alkyl halides is 1. The summed E-state index contributed by atoms with van der Waals surface area (Å²) in [7, 11) is -3.63. The van der Waals surface area contributed by atoms with Crippen molar-refractivity contribution in [3.8, 4) is 0 Å². The van der Waals surface area contributed by atoms with Crippen molar-refractivity contribution in [3.05, 3.63) is 27.7 Å². The maximum Gasteiger partial charge on any atom is 0.241 e. The predicted molar refractivity (Wildman–Crippen MR) is 78.9 cm³/mol. The molecule has 0 saturated heterocycles. The topological polar surface area (TPSA) is 46.2 Å². The van der Waals surface area contributed by atoms with Crippen molar-refractivity contribution in [2.24, 2.45) is 0 Å². The zero-order chi connectivity index (χ0) is 14.1. The molecule has 7 heteroatoms. The van der Waals surface area contributed by atoms with Crippen molar-refractivity contribution in [1.29, 1.82) is 0 Å². The third-order valence-corrected chi connectivity index (χ3v) is 6.02. The van der Waals surface area contributed by atoms with Crippen molar-refractivity contribution in [1.82, 2.24) is 4.72 Å². The molecule has 1 unspecified atom stereocenters. The summed E-state index contributed by atoms with van der Waals surface area (Å²) in [5.74, 6) is 0. The Balaban J connectivity index is 3.11. The summed E-state index contributed by atoms with van der Waals surface area (Å²) >= 11 is 15.0. The zero-order valence-corrected chi connectivity index (χ0v) is 14.1. The van der Waals surface area contributed by atoms with Crippen LogP contribution in [0.1, 0.15) is 20.8 Å². The highest BCUT2D eigenvalue weighted by Gasteiger charge is 2.30. The Bertz CT molecular complexity index is 544. The van der Waals surface area contributed by atoms with Crippen molar-refractivity contribution in [3.63, 3.8) is 0 Å². The second-order valence-corrected chi connectivity index (χ2v) is 8.12. The van der Waals surface area contributed by atoms with Gasteiger partial charge < -0.3 is 0 Å². The molecular formula is C11H14BrCl2NO2S. The molecule has 1 aromatic carbocycles. The van der Waals surface area contributed by atoms with Crippen molar-refractivity contribution in [2.45, 2.75) is 36.6 Å². The van der Waals surface area contributed by atoms with Crippen LogP contribution >= 0.6 is 39.1 Å². The van der Waals surface area contributed by atoms with Crippen LogP contribution in [-0.4, -0.2) is 19.3 Å². The van der Waals surface area contributed by atoms with E-state index in [2.05, 4.69) is 20.7 Å². The van der Waals surface area contributed by atoms with E-state index in [0.717, 1.165) is 0 Å². The maximum atomic E-state index is 12.2. The molecule has 0 spiro atoms. The first-order valence-corrected chi connectivity index (χ1v) is 8.28. The number of hydrogen-bond acceptors (Lipinski definition) is 2. The molecule has 0 saturated carbocycles. The Labute approximate surface area is 126 Å². The molecule has 1 atom stereocenters. The molecule has 0 aliphatic rings. The van der Waals surface area contributed by atoms with E-state index >= 15 is 0 Å². The fourth-order valence-electron chi connectivity index (χ4n) is 1.13. The molecule has 0 fully saturated rings. The number of hydrogen-bond donors (Lipinski definition) is 1. The van der Waals surface area contributed by atoms with Gasteiger partial charge in [0.2, 0.25) is 10.0 Å². The number of benzene rings is 1. The minimum atomic E-state index is -3.63. The average Bonchev–Trinajstić information content (AvgIpc) is 2.20. The third kappa shape index (κ3) is 3.84. The van der Waals surface area contributed by atoms with Gasteiger partial charge in [0.25, 0.3) is 0 Å². The van der Waals surface area contributed by atoms with Gasteiger partial charge >= 0.3 is 0 Å². The van der Waals surface area contributed by atoms with E-state index in [4.69, 9.17) is 23.2 Å². The zero-order valence-electron chi connectivity index (χ0n) is 10.2. The molecular weight excluding hydrogens is 361 g/mol. The summed E-state index contributed by atoms with van der Waals surface area (Å²) in [6, 6.07) is 4.43. The van der Waals surface area contributed by atoms with Gasteiger partial charge in [-0.3, -0.25) is 0 Å². The maximum absolute atomic E-state index is 12.2. The fourth-order valence-corrected chi connectivity index (χ4v) is 3.40. The molecule has 0 aliphatic carbocycles. The molecule has 0 radical (unpaired) electrons. The highest BCUT2D eigenvalue weighted by molar-refractivity contribution is 9.10. The summed E-state index contributed by atoms with van der Waals surface area (Å²) in [5, 5.41) is 0.113. The van der Waals surface area contributed by atoms with Gasteiger partial charge in [0.15, 0.2) is 0 Å². The smallest absolute Gasteiger partial charge is 0.207 e. The second-order valence-electron chi connectivity index (χ2n) is 4.52. The van der Waals surface area contributed by atoms with Crippen molar-refractivity contribution in [2.75, 3.05) is 0 Å². The molecule has 0 aromatic heterocycles. The third-order valence-electron chi connectivity index (χ3n) is 2.59. The van der Waals surface area contributed by atoms with E-state index < -0.39 is 15.6 Å². The molecule has 102 valence electrons. The summed E-state index contributed by atoms with van der Waals surface area (Å²) < 4.78 is 27.5. The lowest BCUT2D eigenvalue weighted by atomic mass is 10.0. The first kappa shape index (κ1) is 16.2. The van der Waals surface area contributed by atoms with Crippen LogP contribution in [0.2, 0.25) is 5.02 Å². The fraction of sp³-hybridized carbons (Fsp3) is 0.455. The SMILES string of the molecule is CC(Cl)C(C)(C)NS(=O)(=O)c1ccc(Cl)c(Br)c1. The summed E-state index contributed by atoms with van der Waals surface area (Å²) in [6.07, 6.45) is 0. The lowest BCUT2D eigenvalue weighted by Gasteiger charge is -2.28. The first-order valence-electron chi connectivity index (χ1n) is 5.19. The average molecular weight is 375 g/mol. The van der Waals surface area contributed by atoms with E-state index in [1.165, 1.54) is 18.2 Å². The quantitative estimate of drug-likeness (QED) is 0.815. The number of halogens is 3. The predicted octanol–water partition coefficient (Wildman–Crippen LogP) is 3.79. The Kier molecular flexibility index (Phi) is 5.12. The summed E-state index contributed by atoms with van der Waals surface area (Å²) in [5.41, 5.74) is -0.744. The van der Waals surface area contributed by atoms with Gasteiger partial charge in [0.1, 0.15) is 0 Å². The molecule has 18 heavy (non-hydrogen) atoms. The highest BCUT2D eigenvalue weighted by atomic mass is 79.9. The molecule has 1 aromatic rings. The molecule has 1 rings (SSSR count).